The summed E-state index contributed by atoms with van der Waals surface area (Å²) in [6, 6.07) is 10.4. The van der Waals surface area contributed by atoms with Gasteiger partial charge in [-0.15, -0.1) is 0 Å². The van der Waals surface area contributed by atoms with Crippen molar-refractivity contribution in [1.82, 2.24) is 5.32 Å². The summed E-state index contributed by atoms with van der Waals surface area (Å²) in [6.45, 7) is 3.49. The molecule has 0 bridgehead atoms. The first kappa shape index (κ1) is 16.3. The maximum absolute atomic E-state index is 12.2. The van der Waals surface area contributed by atoms with Crippen LogP contribution < -0.4 is 16.0 Å². The SMILES string of the molecule is Cc1ccc(C(=O)Nc2ccc(NC(=O)[C@H]3CCCNC3)cc2)o1. The molecule has 6 nitrogen and oxygen atoms in total. The molecule has 24 heavy (non-hydrogen) atoms. The second-order valence-electron chi connectivity index (χ2n) is 5.97. The Morgan fingerprint density at radius 1 is 1.08 bits per heavy atom. The van der Waals surface area contributed by atoms with Crippen molar-refractivity contribution in [3.05, 3.63) is 47.9 Å². The molecule has 1 aliphatic heterocycles. The first-order chi connectivity index (χ1) is 11.6. The fraction of sp³-hybridized carbons (Fsp3) is 0.333. The summed E-state index contributed by atoms with van der Waals surface area (Å²) in [5, 5.41) is 8.91. The molecule has 0 aliphatic carbocycles. The molecule has 2 heterocycles. The van der Waals surface area contributed by atoms with Gasteiger partial charge in [-0.2, -0.15) is 0 Å². The molecule has 1 fully saturated rings. The molecule has 1 aliphatic rings. The van der Waals surface area contributed by atoms with Crippen LogP contribution in [0.5, 0.6) is 0 Å². The summed E-state index contributed by atoms with van der Waals surface area (Å²) in [7, 11) is 0. The van der Waals surface area contributed by atoms with Gasteiger partial charge in [0.1, 0.15) is 5.76 Å². The van der Waals surface area contributed by atoms with Gasteiger partial charge in [0.25, 0.3) is 5.91 Å². The Kier molecular flexibility index (Phi) is 4.96. The van der Waals surface area contributed by atoms with Crippen LogP contribution in [0, 0.1) is 12.8 Å². The largest absolute Gasteiger partial charge is 0.456 e. The minimum atomic E-state index is -0.298. The van der Waals surface area contributed by atoms with Crippen molar-refractivity contribution in [3.8, 4) is 0 Å². The maximum atomic E-state index is 12.2. The van der Waals surface area contributed by atoms with Crippen LogP contribution in [0.4, 0.5) is 11.4 Å². The highest BCUT2D eigenvalue weighted by atomic mass is 16.3. The summed E-state index contributed by atoms with van der Waals surface area (Å²) in [4.78, 5) is 24.2. The standard InChI is InChI=1S/C18H21N3O3/c1-12-4-9-16(24-12)18(23)21-15-7-5-14(6-8-15)20-17(22)13-3-2-10-19-11-13/h4-9,13,19H,2-3,10-11H2,1H3,(H,20,22)(H,21,23)/t13-/m0/s1. The zero-order valence-electron chi connectivity index (χ0n) is 13.6. The van der Waals surface area contributed by atoms with Gasteiger partial charge in [-0.1, -0.05) is 0 Å². The normalized spacial score (nSPS) is 17.3. The van der Waals surface area contributed by atoms with Gasteiger partial charge >= 0.3 is 0 Å². The van der Waals surface area contributed by atoms with Gasteiger partial charge in [0.15, 0.2) is 5.76 Å². The van der Waals surface area contributed by atoms with Crippen LogP contribution in [-0.2, 0) is 4.79 Å². The summed E-state index contributed by atoms with van der Waals surface area (Å²) in [6.07, 6.45) is 1.94. The van der Waals surface area contributed by atoms with Crippen LogP contribution in [0.25, 0.3) is 0 Å². The molecule has 2 amide bonds. The van der Waals surface area contributed by atoms with E-state index in [2.05, 4.69) is 16.0 Å². The molecule has 0 spiro atoms. The van der Waals surface area contributed by atoms with E-state index in [0.717, 1.165) is 31.6 Å². The number of aryl methyl sites for hydroxylation is 1. The van der Waals surface area contributed by atoms with Gasteiger partial charge in [0.05, 0.1) is 5.92 Å². The molecule has 126 valence electrons. The van der Waals surface area contributed by atoms with Crippen molar-refractivity contribution in [1.29, 1.82) is 0 Å². The minimum Gasteiger partial charge on any atom is -0.456 e. The lowest BCUT2D eigenvalue weighted by molar-refractivity contribution is -0.120. The average Bonchev–Trinajstić information content (AvgIpc) is 3.04. The summed E-state index contributed by atoms with van der Waals surface area (Å²) in [5.74, 6) is 0.712. The van der Waals surface area contributed by atoms with E-state index in [1.54, 1.807) is 43.3 Å². The molecular formula is C18H21N3O3. The Balaban J connectivity index is 1.56. The van der Waals surface area contributed by atoms with Gasteiger partial charge in [-0.05, 0) is 62.7 Å². The van der Waals surface area contributed by atoms with Gasteiger partial charge in [0, 0.05) is 17.9 Å². The van der Waals surface area contributed by atoms with E-state index in [-0.39, 0.29) is 23.5 Å². The van der Waals surface area contributed by atoms with Crippen molar-refractivity contribution in [2.24, 2.45) is 5.92 Å². The van der Waals surface area contributed by atoms with E-state index < -0.39 is 0 Å². The number of carbonyl (C=O) groups excluding carboxylic acids is 2. The van der Waals surface area contributed by atoms with Crippen molar-refractivity contribution in [3.63, 3.8) is 0 Å². The highest BCUT2D eigenvalue weighted by molar-refractivity contribution is 6.02. The molecule has 3 rings (SSSR count). The number of hydrogen-bond acceptors (Lipinski definition) is 4. The molecule has 2 aromatic rings. The number of nitrogens with one attached hydrogen (secondary N) is 3. The first-order valence-electron chi connectivity index (χ1n) is 8.11. The Labute approximate surface area is 140 Å². The number of rotatable bonds is 4. The van der Waals surface area contributed by atoms with E-state index in [9.17, 15) is 9.59 Å². The second kappa shape index (κ2) is 7.31. The van der Waals surface area contributed by atoms with E-state index in [1.807, 2.05) is 0 Å². The van der Waals surface area contributed by atoms with Crippen LogP contribution >= 0.6 is 0 Å². The summed E-state index contributed by atoms with van der Waals surface area (Å²) in [5.41, 5.74) is 1.36. The zero-order chi connectivity index (χ0) is 16.9. The number of anilines is 2. The maximum Gasteiger partial charge on any atom is 0.291 e. The predicted molar refractivity (Wildman–Crippen MR) is 92.1 cm³/mol. The third-order valence-corrected chi connectivity index (χ3v) is 4.04. The smallest absolute Gasteiger partial charge is 0.291 e. The molecular weight excluding hydrogens is 306 g/mol. The monoisotopic (exact) mass is 327 g/mol. The van der Waals surface area contributed by atoms with Gasteiger partial charge in [-0.25, -0.2) is 0 Å². The van der Waals surface area contributed by atoms with Gasteiger partial charge in [-0.3, -0.25) is 9.59 Å². The Bertz CT molecular complexity index is 715. The zero-order valence-corrected chi connectivity index (χ0v) is 13.6. The van der Waals surface area contributed by atoms with E-state index in [4.69, 9.17) is 4.42 Å². The van der Waals surface area contributed by atoms with Gasteiger partial charge in [0.2, 0.25) is 5.91 Å². The fourth-order valence-electron chi connectivity index (χ4n) is 2.71. The number of piperidine rings is 1. The van der Waals surface area contributed by atoms with Crippen molar-refractivity contribution in [2.75, 3.05) is 23.7 Å². The average molecular weight is 327 g/mol. The van der Waals surface area contributed by atoms with Crippen LogP contribution in [0.3, 0.4) is 0 Å². The van der Waals surface area contributed by atoms with E-state index in [0.29, 0.717) is 11.4 Å². The van der Waals surface area contributed by atoms with Crippen molar-refractivity contribution >= 4 is 23.2 Å². The minimum absolute atomic E-state index is 0.0142. The molecule has 1 atom stereocenters. The lowest BCUT2D eigenvalue weighted by atomic mass is 9.99. The molecule has 6 heteroatoms. The van der Waals surface area contributed by atoms with E-state index in [1.165, 1.54) is 0 Å². The lowest BCUT2D eigenvalue weighted by Crippen LogP contribution is -2.37. The Morgan fingerprint density at radius 3 is 2.38 bits per heavy atom. The van der Waals surface area contributed by atoms with E-state index >= 15 is 0 Å². The second-order valence-corrected chi connectivity index (χ2v) is 5.97. The summed E-state index contributed by atoms with van der Waals surface area (Å²) < 4.78 is 5.29. The predicted octanol–water partition coefficient (Wildman–Crippen LogP) is 2.78. The number of benzene rings is 1. The van der Waals surface area contributed by atoms with Crippen LogP contribution in [-0.4, -0.2) is 24.9 Å². The number of amides is 2. The van der Waals surface area contributed by atoms with Crippen LogP contribution in [0.15, 0.2) is 40.8 Å². The molecule has 1 aromatic carbocycles. The highest BCUT2D eigenvalue weighted by Gasteiger charge is 2.20. The molecule has 3 N–H and O–H groups in total. The lowest BCUT2D eigenvalue weighted by Gasteiger charge is -2.21. The number of furan rings is 1. The Morgan fingerprint density at radius 2 is 1.79 bits per heavy atom. The van der Waals surface area contributed by atoms with Crippen LogP contribution in [0.1, 0.15) is 29.2 Å². The van der Waals surface area contributed by atoms with Crippen LogP contribution in [0.2, 0.25) is 0 Å². The van der Waals surface area contributed by atoms with Crippen molar-refractivity contribution < 1.29 is 14.0 Å². The Hall–Kier alpha value is -2.60. The van der Waals surface area contributed by atoms with Gasteiger partial charge < -0.3 is 20.4 Å². The molecule has 0 radical (unpaired) electrons. The molecule has 0 saturated carbocycles. The third-order valence-electron chi connectivity index (χ3n) is 4.04. The number of carbonyl (C=O) groups is 2. The number of hydrogen-bond donors (Lipinski definition) is 3. The topological polar surface area (TPSA) is 83.4 Å². The molecule has 0 unspecified atom stereocenters. The third kappa shape index (κ3) is 4.02. The quantitative estimate of drug-likeness (QED) is 0.806. The van der Waals surface area contributed by atoms with Crippen molar-refractivity contribution in [2.45, 2.75) is 19.8 Å². The first-order valence-corrected chi connectivity index (χ1v) is 8.11. The fourth-order valence-corrected chi connectivity index (χ4v) is 2.71. The summed E-state index contributed by atoms with van der Waals surface area (Å²) >= 11 is 0. The highest BCUT2D eigenvalue weighted by Crippen LogP contribution is 2.18. The molecule has 1 aromatic heterocycles. The molecule has 1 saturated heterocycles.